The highest BCUT2D eigenvalue weighted by atomic mass is 32.1. The molecule has 66 valence electrons. The van der Waals surface area contributed by atoms with Crippen molar-refractivity contribution in [2.75, 3.05) is 5.73 Å². The normalized spacial score (nSPS) is 10.2. The molecule has 3 nitrogen and oxygen atoms in total. The van der Waals surface area contributed by atoms with Crippen molar-refractivity contribution in [1.82, 2.24) is 9.97 Å². The smallest absolute Gasteiger partial charge is 0.144 e. The Bertz CT molecular complexity index is 422. The predicted molar refractivity (Wildman–Crippen MR) is 54.5 cm³/mol. The van der Waals surface area contributed by atoms with Crippen LogP contribution in [0.15, 0.2) is 24.5 Å². The molecule has 0 amide bonds. The van der Waals surface area contributed by atoms with Gasteiger partial charge in [0.25, 0.3) is 0 Å². The molecule has 2 aromatic heterocycles. The van der Waals surface area contributed by atoms with Gasteiger partial charge in [-0.25, -0.2) is 4.98 Å². The second-order valence-corrected chi connectivity index (χ2v) is 3.95. The molecule has 0 radical (unpaired) electrons. The summed E-state index contributed by atoms with van der Waals surface area (Å²) in [5.41, 5.74) is 7.22. The lowest BCUT2D eigenvalue weighted by Gasteiger charge is -1.98. The van der Waals surface area contributed by atoms with Gasteiger partial charge in [0.2, 0.25) is 0 Å². The van der Waals surface area contributed by atoms with Gasteiger partial charge in [0.1, 0.15) is 10.7 Å². The van der Waals surface area contributed by atoms with Crippen LogP contribution in [-0.2, 0) is 0 Å². The Labute approximate surface area is 80.3 Å². The minimum Gasteiger partial charge on any atom is -0.397 e. The van der Waals surface area contributed by atoms with E-state index in [2.05, 4.69) is 9.97 Å². The summed E-state index contributed by atoms with van der Waals surface area (Å²) in [6.07, 6.45) is 3.55. The number of nitrogen functional groups attached to an aromatic ring is 1. The number of hydrogen-bond donors (Lipinski definition) is 1. The van der Waals surface area contributed by atoms with Crippen LogP contribution in [0, 0.1) is 6.92 Å². The molecule has 0 aliphatic carbocycles. The second-order valence-electron chi connectivity index (χ2n) is 2.72. The number of rotatable bonds is 1. The van der Waals surface area contributed by atoms with E-state index in [-0.39, 0.29) is 0 Å². The fourth-order valence-electron chi connectivity index (χ4n) is 1.06. The zero-order valence-electron chi connectivity index (χ0n) is 7.19. The van der Waals surface area contributed by atoms with Gasteiger partial charge in [-0.2, -0.15) is 0 Å². The van der Waals surface area contributed by atoms with Crippen molar-refractivity contribution in [3.63, 3.8) is 0 Å². The summed E-state index contributed by atoms with van der Waals surface area (Å²) in [5.74, 6) is 0. The summed E-state index contributed by atoms with van der Waals surface area (Å²) < 4.78 is 0. The van der Waals surface area contributed by atoms with Gasteiger partial charge in [-0.1, -0.05) is 0 Å². The number of hydrogen-bond acceptors (Lipinski definition) is 4. The third kappa shape index (κ3) is 1.53. The molecular formula is C9H9N3S. The first-order chi connectivity index (χ1) is 6.27. The molecule has 4 heteroatoms. The Hall–Kier alpha value is -1.42. The molecule has 0 spiro atoms. The van der Waals surface area contributed by atoms with Crippen LogP contribution < -0.4 is 5.73 Å². The largest absolute Gasteiger partial charge is 0.397 e. The number of aryl methyl sites for hydroxylation is 1. The molecule has 2 heterocycles. The molecule has 0 bridgehead atoms. The molecule has 0 saturated heterocycles. The maximum atomic E-state index is 5.77. The van der Waals surface area contributed by atoms with Crippen molar-refractivity contribution in [1.29, 1.82) is 0 Å². The maximum Gasteiger partial charge on any atom is 0.144 e. The molecule has 0 aliphatic heterocycles. The number of anilines is 1. The van der Waals surface area contributed by atoms with Crippen LogP contribution in [0.5, 0.6) is 0 Å². The van der Waals surface area contributed by atoms with Crippen molar-refractivity contribution >= 4 is 17.0 Å². The van der Waals surface area contributed by atoms with Gasteiger partial charge >= 0.3 is 0 Å². The van der Waals surface area contributed by atoms with Gasteiger partial charge in [0.05, 0.1) is 5.69 Å². The second kappa shape index (κ2) is 3.14. The van der Waals surface area contributed by atoms with Gasteiger partial charge in [-0.3, -0.25) is 4.98 Å². The lowest BCUT2D eigenvalue weighted by molar-refractivity contribution is 1.29. The Kier molecular flexibility index (Phi) is 1.98. The zero-order valence-corrected chi connectivity index (χ0v) is 8.01. The Balaban J connectivity index is 2.52. The lowest BCUT2D eigenvalue weighted by Crippen LogP contribution is -1.91. The maximum absolute atomic E-state index is 5.77. The van der Waals surface area contributed by atoms with Crippen LogP contribution in [0.25, 0.3) is 10.7 Å². The highest BCUT2D eigenvalue weighted by Crippen LogP contribution is 2.26. The Morgan fingerprint density at radius 2 is 2.23 bits per heavy atom. The average Bonchev–Trinajstić information content (AvgIpc) is 2.53. The SMILES string of the molecule is Cc1cnc(-c2ncccc2N)s1. The molecule has 2 N–H and O–H groups in total. The average molecular weight is 191 g/mol. The summed E-state index contributed by atoms with van der Waals surface area (Å²) in [6.45, 7) is 2.01. The lowest BCUT2D eigenvalue weighted by atomic mass is 10.3. The number of pyridine rings is 1. The molecule has 0 saturated carbocycles. The first kappa shape index (κ1) is 8.19. The van der Waals surface area contributed by atoms with Crippen LogP contribution in [0.3, 0.4) is 0 Å². The standard InChI is InChI=1S/C9H9N3S/c1-6-5-12-9(13-6)8-7(10)3-2-4-11-8/h2-5H,10H2,1H3. The van der Waals surface area contributed by atoms with E-state index in [9.17, 15) is 0 Å². The van der Waals surface area contributed by atoms with E-state index >= 15 is 0 Å². The summed E-state index contributed by atoms with van der Waals surface area (Å²) in [4.78, 5) is 9.57. The van der Waals surface area contributed by atoms with Crippen molar-refractivity contribution in [2.45, 2.75) is 6.92 Å². The first-order valence-electron chi connectivity index (χ1n) is 3.90. The van der Waals surface area contributed by atoms with Crippen molar-refractivity contribution in [3.8, 4) is 10.7 Å². The predicted octanol–water partition coefficient (Wildman–Crippen LogP) is 2.10. The fraction of sp³-hybridized carbons (Fsp3) is 0.111. The number of nitrogens with two attached hydrogens (primary N) is 1. The Morgan fingerprint density at radius 3 is 2.85 bits per heavy atom. The molecule has 0 fully saturated rings. The van der Waals surface area contributed by atoms with Gasteiger partial charge < -0.3 is 5.73 Å². The first-order valence-corrected chi connectivity index (χ1v) is 4.72. The topological polar surface area (TPSA) is 51.8 Å². The van der Waals surface area contributed by atoms with E-state index in [1.165, 1.54) is 4.88 Å². The third-order valence-electron chi connectivity index (χ3n) is 1.66. The highest BCUT2D eigenvalue weighted by Gasteiger charge is 2.06. The van der Waals surface area contributed by atoms with Gasteiger partial charge in [-0.05, 0) is 19.1 Å². The molecular weight excluding hydrogens is 182 g/mol. The van der Waals surface area contributed by atoms with Crippen LogP contribution in [0.1, 0.15) is 4.88 Å². The molecule has 0 atom stereocenters. The van der Waals surface area contributed by atoms with Crippen molar-refractivity contribution < 1.29 is 0 Å². The van der Waals surface area contributed by atoms with Gasteiger partial charge in [0, 0.05) is 17.3 Å². The Morgan fingerprint density at radius 1 is 1.38 bits per heavy atom. The summed E-state index contributed by atoms with van der Waals surface area (Å²) in [7, 11) is 0. The number of aromatic nitrogens is 2. The van der Waals surface area contributed by atoms with E-state index in [4.69, 9.17) is 5.73 Å². The summed E-state index contributed by atoms with van der Waals surface area (Å²) >= 11 is 1.60. The van der Waals surface area contributed by atoms with E-state index in [0.29, 0.717) is 5.69 Å². The molecule has 2 rings (SSSR count). The minimum absolute atomic E-state index is 0.678. The van der Waals surface area contributed by atoms with Crippen LogP contribution in [0.4, 0.5) is 5.69 Å². The third-order valence-corrected chi connectivity index (χ3v) is 2.58. The monoisotopic (exact) mass is 191 g/mol. The number of nitrogens with zero attached hydrogens (tertiary/aromatic N) is 2. The van der Waals surface area contributed by atoms with Gasteiger partial charge in [0.15, 0.2) is 0 Å². The summed E-state index contributed by atoms with van der Waals surface area (Å²) in [5, 5.41) is 0.885. The summed E-state index contributed by atoms with van der Waals surface area (Å²) in [6, 6.07) is 3.65. The van der Waals surface area contributed by atoms with E-state index in [1.807, 2.05) is 25.3 Å². The molecule has 13 heavy (non-hydrogen) atoms. The number of thiazole rings is 1. The van der Waals surface area contributed by atoms with E-state index < -0.39 is 0 Å². The molecule has 2 aromatic rings. The molecule has 0 unspecified atom stereocenters. The fourth-order valence-corrected chi connectivity index (χ4v) is 1.84. The van der Waals surface area contributed by atoms with E-state index in [0.717, 1.165) is 10.7 Å². The quantitative estimate of drug-likeness (QED) is 0.751. The van der Waals surface area contributed by atoms with Crippen molar-refractivity contribution in [2.24, 2.45) is 0 Å². The zero-order chi connectivity index (χ0) is 9.26. The molecule has 0 aliphatic rings. The van der Waals surface area contributed by atoms with Crippen LogP contribution in [-0.4, -0.2) is 9.97 Å². The van der Waals surface area contributed by atoms with Gasteiger partial charge in [-0.15, -0.1) is 11.3 Å². The molecule has 0 aromatic carbocycles. The minimum atomic E-state index is 0.678. The van der Waals surface area contributed by atoms with E-state index in [1.54, 1.807) is 17.5 Å². The van der Waals surface area contributed by atoms with Crippen LogP contribution >= 0.6 is 11.3 Å². The highest BCUT2D eigenvalue weighted by molar-refractivity contribution is 7.14. The van der Waals surface area contributed by atoms with Crippen LogP contribution in [0.2, 0.25) is 0 Å². The van der Waals surface area contributed by atoms with Crippen molar-refractivity contribution in [3.05, 3.63) is 29.4 Å².